The summed E-state index contributed by atoms with van der Waals surface area (Å²) in [7, 11) is -9.89. The lowest BCUT2D eigenvalue weighted by atomic mass is 10.00. The smallest absolute Gasteiger partial charge is 0.462 e. The first-order valence-electron chi connectivity index (χ1n) is 34.3. The van der Waals surface area contributed by atoms with Crippen LogP contribution in [-0.2, 0) is 65.4 Å². The van der Waals surface area contributed by atoms with Crippen LogP contribution >= 0.6 is 15.6 Å². The zero-order valence-electron chi connectivity index (χ0n) is 55.2. The fraction of sp³-hybridized carbons (Fsp3) is 0.939. The summed E-state index contributed by atoms with van der Waals surface area (Å²) in [6.07, 6.45) is 36.3. The van der Waals surface area contributed by atoms with Crippen molar-refractivity contribution in [2.75, 3.05) is 39.6 Å². The van der Waals surface area contributed by atoms with Crippen LogP contribution in [0.2, 0.25) is 0 Å². The van der Waals surface area contributed by atoms with Gasteiger partial charge in [0.1, 0.15) is 19.3 Å². The SMILES string of the molecule is CCC(C)CCCCCCCCC(=O)OC[C@H](COP(=O)(O)OC[C@H](O)COP(=O)(O)OC[C@@H](COC(=O)CCCCCCCCCCCCCC(C)C)OC(=O)CCCCCCCCC(C)CC)OC(=O)CCCCCCCCCCC(C)C. The van der Waals surface area contributed by atoms with Crippen LogP contribution < -0.4 is 0 Å². The number of rotatable bonds is 63. The normalized spacial score (nSPS) is 15.0. The van der Waals surface area contributed by atoms with Crippen LogP contribution in [-0.4, -0.2) is 96.7 Å². The number of hydrogen-bond donors (Lipinski definition) is 3. The molecule has 0 aliphatic heterocycles. The maximum absolute atomic E-state index is 13.0. The molecule has 0 saturated carbocycles. The van der Waals surface area contributed by atoms with Crippen molar-refractivity contribution in [2.45, 2.75) is 337 Å². The molecule has 3 N–H and O–H groups in total. The zero-order valence-corrected chi connectivity index (χ0v) is 57.0. The molecule has 4 unspecified atom stereocenters. The molecule has 0 aromatic carbocycles. The molecule has 0 aliphatic carbocycles. The second kappa shape index (κ2) is 56.1. The van der Waals surface area contributed by atoms with Crippen LogP contribution in [0.4, 0.5) is 0 Å². The Kier molecular flexibility index (Phi) is 54.8. The van der Waals surface area contributed by atoms with Crippen LogP contribution in [0.15, 0.2) is 0 Å². The van der Waals surface area contributed by atoms with E-state index in [1.54, 1.807) is 0 Å². The summed E-state index contributed by atoms with van der Waals surface area (Å²) in [6, 6.07) is 0. The molecule has 0 spiro atoms. The van der Waals surface area contributed by atoms with E-state index in [-0.39, 0.29) is 25.7 Å². The number of unbranched alkanes of at least 4 members (excludes halogenated alkanes) is 27. The minimum absolute atomic E-state index is 0.102. The highest BCUT2D eigenvalue weighted by Crippen LogP contribution is 2.45. The summed E-state index contributed by atoms with van der Waals surface area (Å²) in [6.45, 7) is 14.0. The van der Waals surface area contributed by atoms with Gasteiger partial charge in [-0.25, -0.2) is 9.13 Å². The second-order valence-corrected chi connectivity index (χ2v) is 28.2. The molecule has 0 saturated heterocycles. The van der Waals surface area contributed by atoms with Crippen LogP contribution in [0.1, 0.15) is 319 Å². The monoisotopic (exact) mass is 1250 g/mol. The van der Waals surface area contributed by atoms with E-state index in [4.69, 9.17) is 37.0 Å². The van der Waals surface area contributed by atoms with Crippen molar-refractivity contribution in [1.82, 2.24) is 0 Å². The predicted molar refractivity (Wildman–Crippen MR) is 340 cm³/mol. The Morgan fingerprint density at radius 3 is 0.835 bits per heavy atom. The Hall–Kier alpha value is -1.94. The van der Waals surface area contributed by atoms with Gasteiger partial charge in [0, 0.05) is 25.7 Å². The highest BCUT2D eigenvalue weighted by atomic mass is 31.2. The van der Waals surface area contributed by atoms with Crippen molar-refractivity contribution < 1.29 is 80.2 Å². The average Bonchev–Trinajstić information content (AvgIpc) is 3.58. The quantitative estimate of drug-likeness (QED) is 0.0222. The molecule has 0 bridgehead atoms. The first-order chi connectivity index (χ1) is 40.7. The number of carbonyl (C=O) groups is 4. The molecule has 0 aliphatic rings. The standard InChI is InChI=1S/C66H128O17P2/c1-9-58(7)44-36-28-22-24-31-39-47-64(69)77-53-61(82-65(70)48-40-32-21-17-16-19-27-35-43-57(5)6)54-80-84(72,73)78-50-60(67)51-79-85(74,75)81-55-62(83-66(71)49-41-33-25-23-29-37-45-59(8)10-2)52-76-63(68)46-38-30-20-15-13-11-12-14-18-26-34-42-56(3)4/h56-62,67H,9-55H2,1-8H3,(H,72,73)(H,74,75)/t58?,59?,60-,61+,62+/m0/s1. The van der Waals surface area contributed by atoms with Gasteiger partial charge in [0.25, 0.3) is 0 Å². The van der Waals surface area contributed by atoms with Crippen molar-refractivity contribution in [3.8, 4) is 0 Å². The molecule has 85 heavy (non-hydrogen) atoms. The lowest BCUT2D eigenvalue weighted by Gasteiger charge is -2.21. The molecule has 0 aromatic heterocycles. The van der Waals surface area contributed by atoms with Gasteiger partial charge in [-0.05, 0) is 49.4 Å². The number of phosphoric ester groups is 2. The van der Waals surface area contributed by atoms with Crippen LogP contribution in [0.3, 0.4) is 0 Å². The fourth-order valence-electron chi connectivity index (χ4n) is 9.72. The van der Waals surface area contributed by atoms with Gasteiger partial charge in [0.2, 0.25) is 0 Å². The molecular weight excluding hydrogens is 1130 g/mol. The van der Waals surface area contributed by atoms with Gasteiger partial charge in [0.05, 0.1) is 26.4 Å². The van der Waals surface area contributed by atoms with Gasteiger partial charge < -0.3 is 33.8 Å². The summed E-state index contributed by atoms with van der Waals surface area (Å²) < 4.78 is 68.1. The van der Waals surface area contributed by atoms with Crippen molar-refractivity contribution >= 4 is 39.5 Å². The van der Waals surface area contributed by atoms with E-state index in [1.807, 2.05) is 0 Å². The van der Waals surface area contributed by atoms with Gasteiger partial charge in [0.15, 0.2) is 12.2 Å². The lowest BCUT2D eigenvalue weighted by Crippen LogP contribution is -2.30. The zero-order chi connectivity index (χ0) is 63.2. The van der Waals surface area contributed by atoms with Crippen molar-refractivity contribution in [2.24, 2.45) is 23.7 Å². The Balaban J connectivity index is 5.25. The largest absolute Gasteiger partial charge is 0.472 e. The first kappa shape index (κ1) is 83.1. The second-order valence-electron chi connectivity index (χ2n) is 25.3. The van der Waals surface area contributed by atoms with Gasteiger partial charge in [-0.1, -0.05) is 267 Å². The third-order valence-electron chi connectivity index (χ3n) is 15.8. The molecule has 7 atom stereocenters. The third kappa shape index (κ3) is 58.2. The maximum atomic E-state index is 13.0. The molecular formula is C66H128O17P2. The van der Waals surface area contributed by atoms with Crippen LogP contribution in [0.5, 0.6) is 0 Å². The molecule has 0 radical (unpaired) electrons. The summed E-state index contributed by atoms with van der Waals surface area (Å²) in [5.41, 5.74) is 0. The van der Waals surface area contributed by atoms with E-state index in [0.717, 1.165) is 120 Å². The van der Waals surface area contributed by atoms with Crippen molar-refractivity contribution in [1.29, 1.82) is 0 Å². The van der Waals surface area contributed by atoms with Gasteiger partial charge in [-0.3, -0.25) is 37.3 Å². The minimum atomic E-state index is -4.95. The summed E-state index contributed by atoms with van der Waals surface area (Å²) in [4.78, 5) is 72.3. The maximum Gasteiger partial charge on any atom is 0.472 e. The number of aliphatic hydroxyl groups is 1. The van der Waals surface area contributed by atoms with E-state index in [2.05, 4.69) is 55.4 Å². The van der Waals surface area contributed by atoms with E-state index in [1.165, 1.54) is 116 Å². The number of aliphatic hydroxyl groups excluding tert-OH is 1. The minimum Gasteiger partial charge on any atom is -0.462 e. The number of esters is 4. The Morgan fingerprint density at radius 2 is 0.565 bits per heavy atom. The number of phosphoric acid groups is 2. The molecule has 0 fully saturated rings. The molecule has 19 heteroatoms. The molecule has 0 heterocycles. The predicted octanol–water partition coefficient (Wildman–Crippen LogP) is 18.1. The number of carbonyl (C=O) groups excluding carboxylic acids is 4. The average molecular weight is 1260 g/mol. The summed E-state index contributed by atoms with van der Waals surface area (Å²) in [5.74, 6) is 0.801. The Morgan fingerprint density at radius 1 is 0.329 bits per heavy atom. The molecule has 17 nitrogen and oxygen atoms in total. The van der Waals surface area contributed by atoms with Crippen molar-refractivity contribution in [3.63, 3.8) is 0 Å². The van der Waals surface area contributed by atoms with Gasteiger partial charge in [-0.15, -0.1) is 0 Å². The molecule has 504 valence electrons. The first-order valence-corrected chi connectivity index (χ1v) is 37.3. The Bertz CT molecular complexity index is 1700. The summed E-state index contributed by atoms with van der Waals surface area (Å²) >= 11 is 0. The number of ether oxygens (including phenoxy) is 4. The highest BCUT2D eigenvalue weighted by molar-refractivity contribution is 7.47. The highest BCUT2D eigenvalue weighted by Gasteiger charge is 2.30. The summed E-state index contributed by atoms with van der Waals surface area (Å²) in [5, 5.41) is 10.5. The van der Waals surface area contributed by atoms with E-state index in [9.17, 15) is 43.2 Å². The van der Waals surface area contributed by atoms with E-state index < -0.39 is 97.5 Å². The Labute approximate surface area is 517 Å². The van der Waals surface area contributed by atoms with E-state index >= 15 is 0 Å². The van der Waals surface area contributed by atoms with Crippen molar-refractivity contribution in [3.05, 3.63) is 0 Å². The molecule has 0 amide bonds. The van der Waals surface area contributed by atoms with Crippen LogP contribution in [0.25, 0.3) is 0 Å². The van der Waals surface area contributed by atoms with E-state index in [0.29, 0.717) is 25.7 Å². The third-order valence-corrected chi connectivity index (χ3v) is 17.7. The van der Waals surface area contributed by atoms with Crippen LogP contribution in [0, 0.1) is 23.7 Å². The topological polar surface area (TPSA) is 237 Å². The molecule has 0 rings (SSSR count). The molecule has 0 aromatic rings. The van der Waals surface area contributed by atoms with Gasteiger partial charge >= 0.3 is 39.5 Å². The fourth-order valence-corrected chi connectivity index (χ4v) is 11.3. The lowest BCUT2D eigenvalue weighted by molar-refractivity contribution is -0.161. The number of hydrogen-bond acceptors (Lipinski definition) is 15. The van der Waals surface area contributed by atoms with Gasteiger partial charge in [-0.2, -0.15) is 0 Å².